The summed E-state index contributed by atoms with van der Waals surface area (Å²) in [6.45, 7) is 12.3. The second kappa shape index (κ2) is 6.00. The molecule has 5 heteroatoms. The Balaban J connectivity index is 2.77. The van der Waals surface area contributed by atoms with Crippen molar-refractivity contribution in [1.82, 2.24) is 4.90 Å². The lowest BCUT2D eigenvalue weighted by molar-refractivity contribution is -0.117. The lowest BCUT2D eigenvalue weighted by atomic mass is 10.1. The van der Waals surface area contributed by atoms with Crippen LogP contribution in [0.4, 0.5) is 4.79 Å². The van der Waals surface area contributed by atoms with Crippen molar-refractivity contribution < 1.29 is 14.3 Å². The molecule has 1 atom stereocenters. The molecule has 20 heavy (non-hydrogen) atoms. The van der Waals surface area contributed by atoms with Gasteiger partial charge in [0.25, 0.3) is 0 Å². The van der Waals surface area contributed by atoms with E-state index in [0.29, 0.717) is 13.0 Å². The normalized spacial score (nSPS) is 19.3. The van der Waals surface area contributed by atoms with Gasteiger partial charge in [0.15, 0.2) is 0 Å². The van der Waals surface area contributed by atoms with Crippen LogP contribution in [-0.4, -0.2) is 43.0 Å². The fraction of sp³-hybridized carbons (Fsp3) is 0.733. The van der Waals surface area contributed by atoms with E-state index in [2.05, 4.69) is 31.1 Å². The summed E-state index contributed by atoms with van der Waals surface area (Å²) < 4.78 is 5.34. The van der Waals surface area contributed by atoms with Gasteiger partial charge in [-0.05, 0) is 39.5 Å². The van der Waals surface area contributed by atoms with Crippen molar-refractivity contribution >= 4 is 20.0 Å². The summed E-state index contributed by atoms with van der Waals surface area (Å²) in [6, 6.07) is -0.436. The van der Waals surface area contributed by atoms with Gasteiger partial charge in [-0.3, -0.25) is 9.69 Å². The third-order valence-electron chi connectivity index (χ3n) is 2.74. The van der Waals surface area contributed by atoms with E-state index in [1.165, 1.54) is 4.90 Å². The number of nitrogens with zero attached hydrogens (tertiary/aromatic N) is 1. The maximum absolute atomic E-state index is 12.2. The van der Waals surface area contributed by atoms with Gasteiger partial charge >= 0.3 is 6.09 Å². The molecule has 1 saturated heterocycles. The zero-order valence-electron chi connectivity index (χ0n) is 13.4. The Bertz CT molecular complexity index is 448. The van der Waals surface area contributed by atoms with E-state index < -0.39 is 25.8 Å². The highest BCUT2D eigenvalue weighted by atomic mass is 28.3. The highest BCUT2D eigenvalue weighted by molar-refractivity contribution is 6.84. The molecule has 1 unspecified atom stereocenters. The minimum atomic E-state index is -1.58. The quantitative estimate of drug-likeness (QED) is 0.552. The molecule has 0 aromatic carbocycles. The Morgan fingerprint density at radius 2 is 1.85 bits per heavy atom. The molecule has 0 radical (unpaired) electrons. The van der Waals surface area contributed by atoms with E-state index in [9.17, 15) is 9.59 Å². The van der Waals surface area contributed by atoms with Crippen molar-refractivity contribution in [2.75, 3.05) is 6.54 Å². The average molecular weight is 295 g/mol. The first kappa shape index (κ1) is 16.8. The molecule has 1 rings (SSSR count). The van der Waals surface area contributed by atoms with Crippen LogP contribution < -0.4 is 0 Å². The van der Waals surface area contributed by atoms with Crippen molar-refractivity contribution in [3.05, 3.63) is 0 Å². The lowest BCUT2D eigenvalue weighted by Crippen LogP contribution is -2.43. The van der Waals surface area contributed by atoms with Gasteiger partial charge in [-0.1, -0.05) is 19.6 Å². The van der Waals surface area contributed by atoms with Gasteiger partial charge in [0.1, 0.15) is 19.7 Å². The van der Waals surface area contributed by atoms with E-state index in [1.807, 2.05) is 20.8 Å². The highest BCUT2D eigenvalue weighted by Crippen LogP contribution is 2.21. The van der Waals surface area contributed by atoms with Gasteiger partial charge in [0.2, 0.25) is 5.78 Å². The molecule has 1 heterocycles. The SMILES string of the molecule is CC(C)(C)OC(=O)N1CCCC1C(=O)C#C[Si](C)(C)C. The first-order chi connectivity index (χ1) is 8.99. The molecule has 1 aliphatic rings. The smallest absolute Gasteiger partial charge is 0.410 e. The monoisotopic (exact) mass is 295 g/mol. The summed E-state index contributed by atoms with van der Waals surface area (Å²) in [4.78, 5) is 25.8. The maximum Gasteiger partial charge on any atom is 0.410 e. The van der Waals surface area contributed by atoms with Crippen LogP contribution in [0.2, 0.25) is 19.6 Å². The van der Waals surface area contributed by atoms with Gasteiger partial charge in [0.05, 0.1) is 0 Å². The summed E-state index contributed by atoms with van der Waals surface area (Å²) in [5.41, 5.74) is 2.52. The maximum atomic E-state index is 12.2. The predicted molar refractivity (Wildman–Crippen MR) is 82.1 cm³/mol. The molecule has 0 bridgehead atoms. The molecule has 0 N–H and O–H groups in total. The summed E-state index contributed by atoms with van der Waals surface area (Å²) >= 11 is 0. The Morgan fingerprint density at radius 3 is 2.35 bits per heavy atom. The third kappa shape index (κ3) is 5.38. The van der Waals surface area contributed by atoms with Crippen LogP contribution in [0.15, 0.2) is 0 Å². The van der Waals surface area contributed by atoms with Crippen LogP contribution in [-0.2, 0) is 9.53 Å². The van der Waals surface area contributed by atoms with Crippen LogP contribution >= 0.6 is 0 Å². The number of amides is 1. The van der Waals surface area contributed by atoms with Crippen molar-refractivity contribution in [3.8, 4) is 11.5 Å². The Hall–Kier alpha value is -1.28. The van der Waals surface area contributed by atoms with Gasteiger partial charge in [-0.15, -0.1) is 5.54 Å². The predicted octanol–water partition coefficient (Wildman–Crippen LogP) is 2.84. The molecule has 0 aliphatic carbocycles. The van der Waals surface area contributed by atoms with Crippen molar-refractivity contribution in [3.63, 3.8) is 0 Å². The lowest BCUT2D eigenvalue weighted by Gasteiger charge is -2.27. The van der Waals surface area contributed by atoms with Crippen LogP contribution in [0, 0.1) is 11.5 Å². The number of hydrogen-bond acceptors (Lipinski definition) is 3. The fourth-order valence-corrected chi connectivity index (χ4v) is 2.41. The standard InChI is InChI=1S/C15H25NO3Si/c1-15(2,3)19-14(18)16-10-7-8-12(16)13(17)9-11-20(4,5)6/h12H,7-8,10H2,1-6H3. The Labute approximate surface area is 122 Å². The fourth-order valence-electron chi connectivity index (χ4n) is 1.91. The van der Waals surface area contributed by atoms with Crippen molar-refractivity contribution in [2.24, 2.45) is 0 Å². The number of Topliss-reactive ketones (excluding diaryl/α,β-unsaturated/α-hetero) is 1. The van der Waals surface area contributed by atoms with Gasteiger partial charge in [-0.2, -0.15) is 0 Å². The molecule has 0 saturated carbocycles. The van der Waals surface area contributed by atoms with Crippen LogP contribution in [0.25, 0.3) is 0 Å². The topological polar surface area (TPSA) is 46.6 Å². The number of carbonyl (C=O) groups is 2. The molecular formula is C15H25NO3Si. The van der Waals surface area contributed by atoms with E-state index >= 15 is 0 Å². The minimum Gasteiger partial charge on any atom is -0.444 e. The molecule has 1 aliphatic heterocycles. The number of ether oxygens (including phenoxy) is 1. The zero-order chi connectivity index (χ0) is 15.6. The summed E-state index contributed by atoms with van der Waals surface area (Å²) in [7, 11) is -1.58. The third-order valence-corrected chi connectivity index (χ3v) is 3.62. The van der Waals surface area contributed by atoms with E-state index in [4.69, 9.17) is 4.74 Å². The Kier molecular flexibility index (Phi) is 5.03. The van der Waals surface area contributed by atoms with Crippen LogP contribution in [0.3, 0.4) is 0 Å². The molecule has 0 spiro atoms. The number of rotatable bonds is 1. The van der Waals surface area contributed by atoms with E-state index in [0.717, 1.165) is 6.42 Å². The highest BCUT2D eigenvalue weighted by Gasteiger charge is 2.35. The molecule has 1 fully saturated rings. The van der Waals surface area contributed by atoms with Gasteiger partial charge < -0.3 is 4.74 Å². The molecule has 0 aromatic heterocycles. The average Bonchev–Trinajstić information content (AvgIpc) is 2.71. The first-order valence-corrected chi connectivity index (χ1v) is 10.6. The largest absolute Gasteiger partial charge is 0.444 e. The van der Waals surface area contributed by atoms with Crippen molar-refractivity contribution in [2.45, 2.75) is 64.9 Å². The summed E-state index contributed by atoms with van der Waals surface area (Å²) in [5.74, 6) is 2.58. The van der Waals surface area contributed by atoms with Crippen molar-refractivity contribution in [1.29, 1.82) is 0 Å². The Morgan fingerprint density at radius 1 is 1.25 bits per heavy atom. The molecule has 0 aromatic rings. The van der Waals surface area contributed by atoms with Gasteiger partial charge in [0, 0.05) is 6.54 Å². The molecular weight excluding hydrogens is 270 g/mol. The first-order valence-electron chi connectivity index (χ1n) is 7.06. The minimum absolute atomic E-state index is 0.157. The molecule has 1 amide bonds. The second-order valence-corrected chi connectivity index (χ2v) is 11.9. The van der Waals surface area contributed by atoms with E-state index in [1.54, 1.807) is 0 Å². The summed E-state index contributed by atoms with van der Waals surface area (Å²) in [6.07, 6.45) is 1.09. The van der Waals surface area contributed by atoms with Crippen LogP contribution in [0.1, 0.15) is 33.6 Å². The zero-order valence-corrected chi connectivity index (χ0v) is 14.4. The summed E-state index contributed by atoms with van der Waals surface area (Å²) in [5, 5.41) is 0. The van der Waals surface area contributed by atoms with Gasteiger partial charge in [-0.25, -0.2) is 4.79 Å². The molecule has 4 nitrogen and oxygen atoms in total. The number of hydrogen-bond donors (Lipinski definition) is 0. The van der Waals surface area contributed by atoms with E-state index in [-0.39, 0.29) is 5.78 Å². The number of ketones is 1. The second-order valence-electron chi connectivity index (χ2n) is 7.20. The number of carbonyl (C=O) groups excluding carboxylic acids is 2. The van der Waals surface area contributed by atoms with Crippen LogP contribution in [0.5, 0.6) is 0 Å². The number of likely N-dealkylation sites (tertiary alicyclic amines) is 1. The molecule has 112 valence electrons.